The molecule has 5 nitrogen and oxygen atoms in total. The molecule has 104 valence electrons. The molecule has 0 saturated heterocycles. The molecule has 1 aromatic carbocycles. The van der Waals surface area contributed by atoms with Crippen molar-refractivity contribution in [1.29, 1.82) is 0 Å². The fourth-order valence-electron chi connectivity index (χ4n) is 2.26. The van der Waals surface area contributed by atoms with Crippen molar-refractivity contribution in [1.82, 2.24) is 15.1 Å². The summed E-state index contributed by atoms with van der Waals surface area (Å²) in [5.74, 6) is 1.59. The minimum Gasteiger partial charge on any atom is -0.482 e. The second-order valence-electron chi connectivity index (χ2n) is 4.67. The van der Waals surface area contributed by atoms with E-state index in [2.05, 4.69) is 16.5 Å². The summed E-state index contributed by atoms with van der Waals surface area (Å²) in [6.07, 6.45) is 3.53. The first kappa shape index (κ1) is 12.7. The van der Waals surface area contributed by atoms with E-state index in [1.54, 1.807) is 10.9 Å². The third-order valence-corrected chi connectivity index (χ3v) is 3.19. The second kappa shape index (κ2) is 5.38. The van der Waals surface area contributed by atoms with Crippen molar-refractivity contribution >= 4 is 11.0 Å². The van der Waals surface area contributed by atoms with Crippen molar-refractivity contribution in [2.45, 2.75) is 13.2 Å². The number of hydrogen-bond acceptors (Lipinski definition) is 4. The van der Waals surface area contributed by atoms with Crippen LogP contribution in [0.5, 0.6) is 5.75 Å². The van der Waals surface area contributed by atoms with E-state index >= 15 is 0 Å². The number of furan rings is 1. The highest BCUT2D eigenvalue weighted by Gasteiger charge is 2.13. The van der Waals surface area contributed by atoms with E-state index in [0.717, 1.165) is 34.6 Å². The van der Waals surface area contributed by atoms with Gasteiger partial charge in [0.25, 0.3) is 0 Å². The van der Waals surface area contributed by atoms with Crippen LogP contribution in [0, 0.1) is 0 Å². The standard InChI is InChI=1S/C15H17N3O2/c1-16-8-13-12-5-3-4-6-14(12)20-15(13)10-19-11-7-17-18(2)9-11/h3-7,9,16H,8,10H2,1-2H3. The van der Waals surface area contributed by atoms with Crippen LogP contribution in [-0.2, 0) is 20.2 Å². The summed E-state index contributed by atoms with van der Waals surface area (Å²) in [5, 5.41) is 8.38. The number of hydrogen-bond donors (Lipinski definition) is 1. The average Bonchev–Trinajstić information content (AvgIpc) is 3.02. The van der Waals surface area contributed by atoms with Gasteiger partial charge in [0.2, 0.25) is 0 Å². The lowest BCUT2D eigenvalue weighted by Crippen LogP contribution is -2.07. The molecule has 0 aliphatic carbocycles. The van der Waals surface area contributed by atoms with E-state index in [-0.39, 0.29) is 0 Å². The van der Waals surface area contributed by atoms with Crippen molar-refractivity contribution in [3.05, 3.63) is 48.0 Å². The normalized spacial score (nSPS) is 11.1. The maximum atomic E-state index is 5.89. The largest absolute Gasteiger partial charge is 0.482 e. The van der Waals surface area contributed by atoms with Crippen LogP contribution in [0.15, 0.2) is 41.1 Å². The van der Waals surface area contributed by atoms with Gasteiger partial charge in [0.1, 0.15) is 18.0 Å². The molecule has 20 heavy (non-hydrogen) atoms. The van der Waals surface area contributed by atoms with Crippen molar-refractivity contribution in [3.63, 3.8) is 0 Å². The molecule has 0 unspecified atom stereocenters. The molecule has 0 aliphatic heterocycles. The summed E-state index contributed by atoms with van der Waals surface area (Å²) in [6, 6.07) is 8.03. The number of benzene rings is 1. The summed E-state index contributed by atoms with van der Waals surface area (Å²) in [5.41, 5.74) is 2.04. The predicted octanol–water partition coefficient (Wildman–Crippen LogP) is 2.46. The third kappa shape index (κ3) is 2.40. The summed E-state index contributed by atoms with van der Waals surface area (Å²) in [4.78, 5) is 0. The van der Waals surface area contributed by atoms with E-state index in [1.165, 1.54) is 0 Å². The number of para-hydroxylation sites is 1. The smallest absolute Gasteiger partial charge is 0.157 e. The molecule has 3 aromatic rings. The van der Waals surface area contributed by atoms with Gasteiger partial charge < -0.3 is 14.5 Å². The SMILES string of the molecule is CNCc1c(COc2cnn(C)c2)oc2ccccc12. The maximum absolute atomic E-state index is 5.89. The third-order valence-electron chi connectivity index (χ3n) is 3.19. The second-order valence-corrected chi connectivity index (χ2v) is 4.67. The maximum Gasteiger partial charge on any atom is 0.157 e. The van der Waals surface area contributed by atoms with Crippen molar-refractivity contribution in [3.8, 4) is 5.75 Å². The Labute approximate surface area is 117 Å². The number of ether oxygens (including phenoxy) is 1. The van der Waals surface area contributed by atoms with Gasteiger partial charge in [0.05, 0.1) is 12.4 Å². The summed E-state index contributed by atoms with van der Waals surface area (Å²) < 4.78 is 13.3. The molecule has 2 heterocycles. The van der Waals surface area contributed by atoms with Crippen LogP contribution in [0.1, 0.15) is 11.3 Å². The molecule has 3 rings (SSSR count). The zero-order valence-electron chi connectivity index (χ0n) is 11.6. The predicted molar refractivity (Wildman–Crippen MR) is 76.5 cm³/mol. The van der Waals surface area contributed by atoms with E-state index in [9.17, 15) is 0 Å². The van der Waals surface area contributed by atoms with Gasteiger partial charge in [-0.2, -0.15) is 5.10 Å². The van der Waals surface area contributed by atoms with Crippen LogP contribution in [0.4, 0.5) is 0 Å². The molecule has 5 heteroatoms. The number of nitrogens with zero attached hydrogens (tertiary/aromatic N) is 2. The number of nitrogens with one attached hydrogen (secondary N) is 1. The first-order valence-corrected chi connectivity index (χ1v) is 6.53. The first-order valence-electron chi connectivity index (χ1n) is 6.53. The minimum absolute atomic E-state index is 0.400. The Morgan fingerprint density at radius 3 is 2.95 bits per heavy atom. The number of aryl methyl sites for hydroxylation is 1. The molecule has 1 N–H and O–H groups in total. The van der Waals surface area contributed by atoms with Crippen LogP contribution in [0.25, 0.3) is 11.0 Å². The Balaban J connectivity index is 1.87. The summed E-state index contributed by atoms with van der Waals surface area (Å²) in [7, 11) is 3.79. The van der Waals surface area contributed by atoms with Crippen molar-refractivity contribution in [2.75, 3.05) is 7.05 Å². The molecule has 0 atom stereocenters. The van der Waals surface area contributed by atoms with E-state index < -0.39 is 0 Å². The van der Waals surface area contributed by atoms with Crippen LogP contribution in [-0.4, -0.2) is 16.8 Å². The fourth-order valence-corrected chi connectivity index (χ4v) is 2.26. The number of rotatable bonds is 5. The molecule has 0 radical (unpaired) electrons. The lowest BCUT2D eigenvalue weighted by Gasteiger charge is -2.04. The van der Waals surface area contributed by atoms with Crippen LogP contribution >= 0.6 is 0 Å². The molecular formula is C15H17N3O2. The Morgan fingerprint density at radius 2 is 2.20 bits per heavy atom. The van der Waals surface area contributed by atoms with Gasteiger partial charge in [-0.3, -0.25) is 4.68 Å². The molecular weight excluding hydrogens is 254 g/mol. The molecule has 0 amide bonds. The average molecular weight is 271 g/mol. The zero-order chi connectivity index (χ0) is 13.9. The quantitative estimate of drug-likeness (QED) is 0.774. The fraction of sp³-hybridized carbons (Fsp3) is 0.267. The van der Waals surface area contributed by atoms with Crippen LogP contribution in [0.2, 0.25) is 0 Å². The van der Waals surface area contributed by atoms with E-state index in [4.69, 9.17) is 9.15 Å². The van der Waals surface area contributed by atoms with Gasteiger partial charge in [-0.05, 0) is 13.1 Å². The molecule has 0 bridgehead atoms. The van der Waals surface area contributed by atoms with Crippen LogP contribution in [0.3, 0.4) is 0 Å². The Hall–Kier alpha value is -2.27. The molecule has 0 spiro atoms. The van der Waals surface area contributed by atoms with Crippen molar-refractivity contribution < 1.29 is 9.15 Å². The van der Waals surface area contributed by atoms with E-state index in [1.807, 2.05) is 38.5 Å². The first-order chi connectivity index (χ1) is 9.78. The van der Waals surface area contributed by atoms with E-state index in [0.29, 0.717) is 6.61 Å². The highest BCUT2D eigenvalue weighted by molar-refractivity contribution is 5.82. The molecule has 0 saturated carbocycles. The molecule has 0 aliphatic rings. The lowest BCUT2D eigenvalue weighted by atomic mass is 10.1. The van der Waals surface area contributed by atoms with Gasteiger partial charge in [0.15, 0.2) is 5.75 Å². The van der Waals surface area contributed by atoms with Crippen molar-refractivity contribution in [2.24, 2.45) is 7.05 Å². The lowest BCUT2D eigenvalue weighted by molar-refractivity contribution is 0.272. The summed E-state index contributed by atoms with van der Waals surface area (Å²) >= 11 is 0. The van der Waals surface area contributed by atoms with Crippen LogP contribution < -0.4 is 10.1 Å². The Kier molecular flexibility index (Phi) is 3.43. The zero-order valence-corrected chi connectivity index (χ0v) is 11.6. The Bertz CT molecular complexity index is 715. The summed E-state index contributed by atoms with van der Waals surface area (Å²) in [6.45, 7) is 1.15. The topological polar surface area (TPSA) is 52.2 Å². The molecule has 2 aromatic heterocycles. The Morgan fingerprint density at radius 1 is 1.35 bits per heavy atom. The minimum atomic E-state index is 0.400. The highest BCUT2D eigenvalue weighted by atomic mass is 16.5. The monoisotopic (exact) mass is 271 g/mol. The number of fused-ring (bicyclic) bond motifs is 1. The van der Waals surface area contributed by atoms with Gasteiger partial charge in [-0.25, -0.2) is 0 Å². The molecule has 0 fully saturated rings. The van der Waals surface area contributed by atoms with Gasteiger partial charge in [0, 0.05) is 24.5 Å². The van der Waals surface area contributed by atoms with Gasteiger partial charge in [-0.15, -0.1) is 0 Å². The number of aromatic nitrogens is 2. The van der Waals surface area contributed by atoms with Gasteiger partial charge in [-0.1, -0.05) is 18.2 Å². The highest BCUT2D eigenvalue weighted by Crippen LogP contribution is 2.26. The van der Waals surface area contributed by atoms with Gasteiger partial charge >= 0.3 is 0 Å².